The van der Waals surface area contributed by atoms with Crippen LogP contribution in [0.25, 0.3) is 0 Å². The second-order valence-electron chi connectivity index (χ2n) is 7.89. The Morgan fingerprint density at radius 3 is 2.29 bits per heavy atom. The van der Waals surface area contributed by atoms with E-state index in [0.717, 1.165) is 69.3 Å². The van der Waals surface area contributed by atoms with Crippen LogP contribution in [0.4, 0.5) is 5.82 Å². The van der Waals surface area contributed by atoms with Gasteiger partial charge in [-0.3, -0.25) is 4.90 Å². The van der Waals surface area contributed by atoms with Crippen molar-refractivity contribution in [1.82, 2.24) is 14.9 Å². The number of β-amino-alcohol motifs (C(OH)–C–C–N with tert-alkyl or cyclic N) is 1. The highest BCUT2D eigenvalue weighted by molar-refractivity contribution is 5.52. The number of aryl methyl sites for hydroxylation is 3. The maximum atomic E-state index is 9.95. The molecule has 0 spiro atoms. The fourth-order valence-corrected chi connectivity index (χ4v) is 3.85. The molecule has 0 aliphatic carbocycles. The Morgan fingerprint density at radius 1 is 1.00 bits per heavy atom. The van der Waals surface area contributed by atoms with Crippen molar-refractivity contribution in [2.45, 2.75) is 53.1 Å². The molecular weight excluding hydrogens is 348 g/mol. The van der Waals surface area contributed by atoms with Crippen LogP contribution in [0.2, 0.25) is 0 Å². The van der Waals surface area contributed by atoms with Crippen molar-refractivity contribution in [2.75, 3.05) is 37.6 Å². The number of piperazine rings is 1. The molecule has 1 aromatic heterocycles. The first-order valence-corrected chi connectivity index (χ1v) is 10.6. The molecule has 3 rings (SSSR count). The van der Waals surface area contributed by atoms with E-state index in [0.29, 0.717) is 0 Å². The first-order chi connectivity index (χ1) is 13.5. The lowest BCUT2D eigenvalue weighted by Crippen LogP contribution is -2.49. The standard InChI is InChI=1S/C23H34N4O/c1-5-20(28)16-26-11-13-27(14-12-26)23-21(22(6-2)24-18(4)25-23)15-19-9-7-17(3)8-10-19/h7-10,20,28H,5-6,11-16H2,1-4H3/t20-/m1/s1. The molecule has 0 radical (unpaired) electrons. The molecular formula is C23H34N4O. The molecule has 5 nitrogen and oxygen atoms in total. The average molecular weight is 383 g/mol. The van der Waals surface area contributed by atoms with E-state index in [1.165, 1.54) is 16.7 Å². The average Bonchev–Trinajstić information content (AvgIpc) is 2.71. The number of aliphatic hydroxyl groups is 1. The molecule has 152 valence electrons. The maximum absolute atomic E-state index is 9.95. The number of hydrogen-bond donors (Lipinski definition) is 1. The first-order valence-electron chi connectivity index (χ1n) is 10.6. The van der Waals surface area contributed by atoms with Gasteiger partial charge in [-0.15, -0.1) is 0 Å². The summed E-state index contributed by atoms with van der Waals surface area (Å²) in [5.74, 6) is 1.95. The van der Waals surface area contributed by atoms with Crippen LogP contribution in [0.15, 0.2) is 24.3 Å². The van der Waals surface area contributed by atoms with Crippen LogP contribution in [0, 0.1) is 13.8 Å². The monoisotopic (exact) mass is 382 g/mol. The number of rotatable bonds is 7. The summed E-state index contributed by atoms with van der Waals surface area (Å²) >= 11 is 0. The van der Waals surface area contributed by atoms with Crippen molar-refractivity contribution in [2.24, 2.45) is 0 Å². The molecule has 2 aromatic rings. The molecule has 0 saturated carbocycles. The van der Waals surface area contributed by atoms with E-state index in [-0.39, 0.29) is 6.10 Å². The lowest BCUT2D eigenvalue weighted by molar-refractivity contribution is 0.106. The third kappa shape index (κ3) is 5.09. The second kappa shape index (κ2) is 9.48. The van der Waals surface area contributed by atoms with Gasteiger partial charge in [0.2, 0.25) is 0 Å². The lowest BCUT2D eigenvalue weighted by Gasteiger charge is -2.37. The van der Waals surface area contributed by atoms with E-state index in [1.807, 2.05) is 13.8 Å². The molecule has 1 saturated heterocycles. The Kier molecular flexibility index (Phi) is 7.03. The first kappa shape index (κ1) is 20.7. The zero-order valence-corrected chi connectivity index (χ0v) is 17.8. The van der Waals surface area contributed by atoms with Crippen molar-refractivity contribution in [3.05, 3.63) is 52.5 Å². The number of anilines is 1. The van der Waals surface area contributed by atoms with Gasteiger partial charge in [-0.05, 0) is 32.3 Å². The van der Waals surface area contributed by atoms with Crippen molar-refractivity contribution in [3.63, 3.8) is 0 Å². The molecule has 1 aliphatic rings. The summed E-state index contributed by atoms with van der Waals surface area (Å²) in [6.45, 7) is 12.9. The molecule has 2 heterocycles. The summed E-state index contributed by atoms with van der Waals surface area (Å²) in [4.78, 5) is 14.4. The smallest absolute Gasteiger partial charge is 0.136 e. The molecule has 5 heteroatoms. The topological polar surface area (TPSA) is 52.5 Å². The molecule has 0 bridgehead atoms. The van der Waals surface area contributed by atoms with Gasteiger partial charge in [-0.1, -0.05) is 43.7 Å². The maximum Gasteiger partial charge on any atom is 0.136 e. The van der Waals surface area contributed by atoms with Crippen LogP contribution in [0.3, 0.4) is 0 Å². The lowest BCUT2D eigenvalue weighted by atomic mass is 10.0. The molecule has 28 heavy (non-hydrogen) atoms. The molecule has 1 aliphatic heterocycles. The predicted molar refractivity (Wildman–Crippen MR) is 115 cm³/mol. The normalized spacial score (nSPS) is 16.4. The molecule has 1 aromatic carbocycles. The Labute approximate surface area is 169 Å². The van der Waals surface area contributed by atoms with E-state index < -0.39 is 0 Å². The van der Waals surface area contributed by atoms with E-state index in [1.54, 1.807) is 0 Å². The van der Waals surface area contributed by atoms with Gasteiger partial charge in [0, 0.05) is 50.4 Å². The van der Waals surface area contributed by atoms with Gasteiger partial charge in [0.15, 0.2) is 0 Å². The summed E-state index contributed by atoms with van der Waals surface area (Å²) in [6, 6.07) is 8.77. The quantitative estimate of drug-likeness (QED) is 0.797. The summed E-state index contributed by atoms with van der Waals surface area (Å²) in [7, 11) is 0. The Balaban J connectivity index is 1.82. The third-order valence-electron chi connectivity index (χ3n) is 5.63. The van der Waals surface area contributed by atoms with Gasteiger partial charge < -0.3 is 10.0 Å². The van der Waals surface area contributed by atoms with Gasteiger partial charge in [0.1, 0.15) is 11.6 Å². The van der Waals surface area contributed by atoms with Crippen molar-refractivity contribution in [3.8, 4) is 0 Å². The summed E-state index contributed by atoms with van der Waals surface area (Å²) in [5.41, 5.74) is 5.01. The van der Waals surface area contributed by atoms with Crippen molar-refractivity contribution < 1.29 is 5.11 Å². The SMILES string of the molecule is CCc1nc(C)nc(N2CCN(C[C@H](O)CC)CC2)c1Cc1ccc(C)cc1. The Morgan fingerprint density at radius 2 is 1.68 bits per heavy atom. The summed E-state index contributed by atoms with van der Waals surface area (Å²) in [6.07, 6.45) is 2.37. The predicted octanol–water partition coefficient (Wildman–Crippen LogP) is 3.14. The second-order valence-corrected chi connectivity index (χ2v) is 7.89. The van der Waals surface area contributed by atoms with Gasteiger partial charge >= 0.3 is 0 Å². The van der Waals surface area contributed by atoms with Gasteiger partial charge in [-0.2, -0.15) is 0 Å². The number of benzene rings is 1. The minimum Gasteiger partial charge on any atom is -0.392 e. The highest BCUT2D eigenvalue weighted by atomic mass is 16.3. The van der Waals surface area contributed by atoms with Crippen molar-refractivity contribution >= 4 is 5.82 Å². The van der Waals surface area contributed by atoms with Crippen LogP contribution >= 0.6 is 0 Å². The van der Waals surface area contributed by atoms with Crippen LogP contribution in [-0.2, 0) is 12.8 Å². The number of aliphatic hydroxyl groups excluding tert-OH is 1. The summed E-state index contributed by atoms with van der Waals surface area (Å²) in [5, 5.41) is 9.95. The summed E-state index contributed by atoms with van der Waals surface area (Å²) < 4.78 is 0. The van der Waals surface area contributed by atoms with Crippen LogP contribution in [-0.4, -0.2) is 58.8 Å². The molecule has 0 unspecified atom stereocenters. The largest absolute Gasteiger partial charge is 0.392 e. The zero-order valence-electron chi connectivity index (χ0n) is 17.8. The fourth-order valence-electron chi connectivity index (χ4n) is 3.85. The third-order valence-corrected chi connectivity index (χ3v) is 5.63. The van der Waals surface area contributed by atoms with Gasteiger partial charge in [0.05, 0.1) is 6.10 Å². The van der Waals surface area contributed by atoms with Crippen LogP contribution in [0.1, 0.15) is 48.5 Å². The highest BCUT2D eigenvalue weighted by Crippen LogP contribution is 2.26. The molecule has 0 amide bonds. The minimum absolute atomic E-state index is 0.225. The number of hydrogen-bond acceptors (Lipinski definition) is 5. The van der Waals surface area contributed by atoms with Crippen molar-refractivity contribution in [1.29, 1.82) is 0 Å². The molecule has 1 fully saturated rings. The number of aromatic nitrogens is 2. The highest BCUT2D eigenvalue weighted by Gasteiger charge is 2.23. The van der Waals surface area contributed by atoms with Crippen LogP contribution in [0.5, 0.6) is 0 Å². The van der Waals surface area contributed by atoms with Gasteiger partial charge in [0.25, 0.3) is 0 Å². The molecule has 1 N–H and O–H groups in total. The Hall–Kier alpha value is -1.98. The van der Waals surface area contributed by atoms with Gasteiger partial charge in [-0.25, -0.2) is 9.97 Å². The number of nitrogens with zero attached hydrogens (tertiary/aromatic N) is 4. The van der Waals surface area contributed by atoms with E-state index in [4.69, 9.17) is 9.97 Å². The molecule has 1 atom stereocenters. The van der Waals surface area contributed by atoms with Crippen LogP contribution < -0.4 is 4.90 Å². The minimum atomic E-state index is -0.225. The fraction of sp³-hybridized carbons (Fsp3) is 0.565. The van der Waals surface area contributed by atoms with E-state index >= 15 is 0 Å². The zero-order chi connectivity index (χ0) is 20.1. The van der Waals surface area contributed by atoms with E-state index in [2.05, 4.69) is 47.9 Å². The Bertz CT molecular complexity index is 767. The van der Waals surface area contributed by atoms with E-state index in [9.17, 15) is 5.11 Å².